The van der Waals surface area contributed by atoms with E-state index < -0.39 is 11.9 Å². The van der Waals surface area contributed by atoms with E-state index in [1.807, 2.05) is 0 Å². The quantitative estimate of drug-likeness (QED) is 0.475. The van der Waals surface area contributed by atoms with Gasteiger partial charge in [0.15, 0.2) is 0 Å². The number of rotatable bonds is 9. The van der Waals surface area contributed by atoms with Crippen molar-refractivity contribution in [3.8, 4) is 0 Å². The first-order chi connectivity index (χ1) is 9.38. The van der Waals surface area contributed by atoms with Gasteiger partial charge < -0.3 is 14.2 Å². The Morgan fingerprint density at radius 3 is 2.05 bits per heavy atom. The summed E-state index contributed by atoms with van der Waals surface area (Å²) in [5, 5.41) is 0. The molecule has 0 aliphatic carbocycles. The minimum atomic E-state index is -0.413. The minimum Gasteiger partial charge on any atom is -0.469 e. The SMILES string of the molecule is CCOC(=O)C[C](CCC(=O)OC)CC(=O)OC(C)C. The van der Waals surface area contributed by atoms with Gasteiger partial charge >= 0.3 is 17.9 Å². The van der Waals surface area contributed by atoms with Gasteiger partial charge in [-0.05, 0) is 33.1 Å². The van der Waals surface area contributed by atoms with Gasteiger partial charge in [-0.15, -0.1) is 0 Å². The maximum atomic E-state index is 11.6. The molecule has 0 amide bonds. The second-order valence-electron chi connectivity index (χ2n) is 4.52. The van der Waals surface area contributed by atoms with Gasteiger partial charge in [-0.2, -0.15) is 0 Å². The third-order valence-corrected chi connectivity index (χ3v) is 2.37. The van der Waals surface area contributed by atoms with E-state index in [1.165, 1.54) is 7.11 Å². The predicted octanol–water partition coefficient (Wildman–Crippen LogP) is 1.81. The van der Waals surface area contributed by atoms with E-state index in [0.717, 1.165) is 0 Å². The molecule has 1 radical (unpaired) electrons. The first-order valence-electron chi connectivity index (χ1n) is 6.64. The summed E-state index contributed by atoms with van der Waals surface area (Å²) >= 11 is 0. The molecule has 0 aromatic heterocycles. The van der Waals surface area contributed by atoms with Crippen molar-refractivity contribution in [1.29, 1.82) is 0 Å². The highest BCUT2D eigenvalue weighted by molar-refractivity contribution is 5.77. The van der Waals surface area contributed by atoms with Crippen molar-refractivity contribution < 1.29 is 28.6 Å². The summed E-state index contributed by atoms with van der Waals surface area (Å²) < 4.78 is 14.4. The van der Waals surface area contributed by atoms with Crippen LogP contribution >= 0.6 is 0 Å². The lowest BCUT2D eigenvalue weighted by molar-refractivity contribution is -0.148. The summed E-state index contributed by atoms with van der Waals surface area (Å²) in [6.07, 6.45) is 0.234. The van der Waals surface area contributed by atoms with Gasteiger partial charge in [-0.3, -0.25) is 14.4 Å². The number of methoxy groups -OCH3 is 1. The number of hydrogen-bond acceptors (Lipinski definition) is 6. The van der Waals surface area contributed by atoms with Crippen molar-refractivity contribution in [2.45, 2.75) is 52.6 Å². The van der Waals surface area contributed by atoms with Crippen LogP contribution in [0.1, 0.15) is 46.5 Å². The molecule has 0 aromatic rings. The van der Waals surface area contributed by atoms with Crippen molar-refractivity contribution in [3.05, 3.63) is 5.92 Å². The van der Waals surface area contributed by atoms with Gasteiger partial charge in [-0.25, -0.2) is 0 Å². The molecule has 6 heteroatoms. The molecule has 0 bridgehead atoms. The summed E-state index contributed by atoms with van der Waals surface area (Å²) in [5.74, 6) is -0.600. The molecule has 0 aliphatic rings. The van der Waals surface area contributed by atoms with Gasteiger partial charge in [0.25, 0.3) is 0 Å². The van der Waals surface area contributed by atoms with Crippen LogP contribution in [0.5, 0.6) is 0 Å². The van der Waals surface area contributed by atoms with Crippen LogP contribution in [0.15, 0.2) is 0 Å². The van der Waals surface area contributed by atoms with Crippen LogP contribution in [-0.2, 0) is 28.6 Å². The molecule has 0 rings (SSSR count). The molecule has 0 fully saturated rings. The van der Waals surface area contributed by atoms with Gasteiger partial charge in [0.2, 0.25) is 0 Å². The molecule has 0 N–H and O–H groups in total. The fourth-order valence-corrected chi connectivity index (χ4v) is 1.55. The van der Waals surface area contributed by atoms with Gasteiger partial charge in [0, 0.05) is 6.42 Å². The van der Waals surface area contributed by atoms with E-state index in [9.17, 15) is 14.4 Å². The van der Waals surface area contributed by atoms with Crippen LogP contribution in [0.3, 0.4) is 0 Å². The first kappa shape index (κ1) is 18.4. The number of hydrogen-bond donors (Lipinski definition) is 0. The number of carbonyl (C=O) groups excluding carboxylic acids is 3. The van der Waals surface area contributed by atoms with E-state index in [1.54, 1.807) is 20.8 Å². The fourth-order valence-electron chi connectivity index (χ4n) is 1.55. The smallest absolute Gasteiger partial charge is 0.306 e. The van der Waals surface area contributed by atoms with E-state index in [4.69, 9.17) is 9.47 Å². The summed E-state index contributed by atoms with van der Waals surface area (Å²) in [6.45, 7) is 5.48. The largest absolute Gasteiger partial charge is 0.469 e. The van der Waals surface area contributed by atoms with E-state index in [2.05, 4.69) is 4.74 Å². The maximum Gasteiger partial charge on any atom is 0.306 e. The molecule has 0 aromatic carbocycles. The van der Waals surface area contributed by atoms with Crippen LogP contribution in [0.4, 0.5) is 0 Å². The molecule has 0 aliphatic heterocycles. The monoisotopic (exact) mass is 287 g/mol. The van der Waals surface area contributed by atoms with Crippen LogP contribution in [0, 0.1) is 5.92 Å². The van der Waals surface area contributed by atoms with Crippen molar-refractivity contribution >= 4 is 17.9 Å². The van der Waals surface area contributed by atoms with Crippen LogP contribution in [-0.4, -0.2) is 37.7 Å². The summed E-state index contributed by atoms with van der Waals surface area (Å²) in [7, 11) is 1.29. The Morgan fingerprint density at radius 1 is 0.950 bits per heavy atom. The molecule has 0 atom stereocenters. The highest BCUT2D eigenvalue weighted by Gasteiger charge is 2.21. The number of esters is 3. The van der Waals surface area contributed by atoms with Crippen LogP contribution in [0.2, 0.25) is 0 Å². The molecule has 0 heterocycles. The molecular formula is C14H23O6. The summed E-state index contributed by atoms with van der Waals surface area (Å²) in [4.78, 5) is 34.2. The number of carbonyl (C=O) groups is 3. The van der Waals surface area contributed by atoms with Crippen LogP contribution < -0.4 is 0 Å². The Balaban J connectivity index is 4.40. The molecule has 0 saturated heterocycles. The Hall–Kier alpha value is -1.59. The van der Waals surface area contributed by atoms with Crippen molar-refractivity contribution in [2.24, 2.45) is 0 Å². The van der Waals surface area contributed by atoms with Gasteiger partial charge in [0.1, 0.15) is 0 Å². The lowest BCUT2D eigenvalue weighted by atomic mass is 9.96. The molecule has 115 valence electrons. The predicted molar refractivity (Wildman–Crippen MR) is 71.6 cm³/mol. The topological polar surface area (TPSA) is 78.9 Å². The third kappa shape index (κ3) is 9.35. The summed E-state index contributed by atoms with van der Waals surface area (Å²) in [6, 6.07) is 0. The van der Waals surface area contributed by atoms with E-state index in [0.29, 0.717) is 12.3 Å². The standard InChI is InChI=1S/C14H23O6/c1-5-19-13(16)8-11(6-7-12(15)18-4)9-14(17)20-10(2)3/h10H,5-9H2,1-4H3. The maximum absolute atomic E-state index is 11.6. The van der Waals surface area contributed by atoms with Crippen molar-refractivity contribution in [3.63, 3.8) is 0 Å². The minimum absolute atomic E-state index is 0.00793. The molecular weight excluding hydrogens is 264 g/mol. The number of ether oxygens (including phenoxy) is 3. The zero-order valence-electron chi connectivity index (χ0n) is 12.6. The Bertz CT molecular complexity index is 324. The highest BCUT2D eigenvalue weighted by Crippen LogP contribution is 2.20. The van der Waals surface area contributed by atoms with Gasteiger partial charge in [-0.1, -0.05) is 0 Å². The second kappa shape index (κ2) is 10.2. The molecule has 0 unspecified atom stereocenters. The molecule has 0 spiro atoms. The molecule has 0 saturated carbocycles. The van der Waals surface area contributed by atoms with E-state index >= 15 is 0 Å². The molecule has 6 nitrogen and oxygen atoms in total. The molecule has 20 heavy (non-hydrogen) atoms. The van der Waals surface area contributed by atoms with Crippen LogP contribution in [0.25, 0.3) is 0 Å². The zero-order chi connectivity index (χ0) is 15.5. The zero-order valence-corrected chi connectivity index (χ0v) is 12.6. The third-order valence-electron chi connectivity index (χ3n) is 2.37. The van der Waals surface area contributed by atoms with Gasteiger partial charge in [0.05, 0.1) is 32.7 Å². The lowest BCUT2D eigenvalue weighted by Crippen LogP contribution is -2.18. The van der Waals surface area contributed by atoms with E-state index in [-0.39, 0.29) is 37.9 Å². The normalized spacial score (nSPS) is 10.5. The average Bonchev–Trinajstić information content (AvgIpc) is 2.34. The average molecular weight is 287 g/mol. The summed E-state index contributed by atoms with van der Waals surface area (Å²) in [5.41, 5.74) is 0. The fraction of sp³-hybridized carbons (Fsp3) is 0.714. The highest BCUT2D eigenvalue weighted by atomic mass is 16.5. The Labute approximate surface area is 119 Å². The van der Waals surface area contributed by atoms with Crippen molar-refractivity contribution in [1.82, 2.24) is 0 Å². The first-order valence-corrected chi connectivity index (χ1v) is 6.64. The second-order valence-corrected chi connectivity index (χ2v) is 4.52. The van der Waals surface area contributed by atoms with Crippen molar-refractivity contribution in [2.75, 3.05) is 13.7 Å². The Kier molecular flexibility index (Phi) is 9.41. The Morgan fingerprint density at radius 2 is 1.55 bits per heavy atom. The lowest BCUT2D eigenvalue weighted by Gasteiger charge is -2.15.